The maximum Gasteiger partial charge on any atom is 0.266 e. The fourth-order valence-corrected chi connectivity index (χ4v) is 4.43. The minimum Gasteiger partial charge on any atom is -0.311 e. The molecular weight excluding hydrogens is 438 g/mol. The molecule has 0 saturated carbocycles. The number of hydrogen-bond donors (Lipinski definition) is 0. The van der Waals surface area contributed by atoms with Crippen molar-refractivity contribution in [2.75, 3.05) is 18.0 Å². The molecule has 2 aromatic carbocycles. The van der Waals surface area contributed by atoms with E-state index in [-0.39, 0.29) is 31.2 Å². The van der Waals surface area contributed by atoms with Crippen molar-refractivity contribution in [3.05, 3.63) is 70.1 Å². The third-order valence-electron chi connectivity index (χ3n) is 4.43. The summed E-state index contributed by atoms with van der Waals surface area (Å²) in [4.78, 5) is 29.1. The van der Waals surface area contributed by atoms with E-state index in [1.54, 1.807) is 17.0 Å². The van der Waals surface area contributed by atoms with Crippen molar-refractivity contribution < 1.29 is 9.59 Å². The second kappa shape index (κ2) is 10.4. The molecule has 152 valence electrons. The Morgan fingerprint density at radius 3 is 2.60 bits per heavy atom. The molecule has 1 fully saturated rings. The van der Waals surface area contributed by atoms with Crippen molar-refractivity contribution in [3.63, 3.8) is 0 Å². The number of nitriles is 1. The quantitative estimate of drug-likeness (QED) is 0.440. The lowest BCUT2D eigenvalue weighted by molar-refractivity contribution is -0.123. The SMILES string of the molecule is N#CCCN(C(=O)CCN1C(=O)/C(=C\c2ccccc2Cl)SC1=S)c1ccccc1. The van der Waals surface area contributed by atoms with Gasteiger partial charge in [-0.15, -0.1) is 0 Å². The largest absolute Gasteiger partial charge is 0.311 e. The van der Waals surface area contributed by atoms with Gasteiger partial charge in [0.1, 0.15) is 4.32 Å². The van der Waals surface area contributed by atoms with Crippen LogP contribution in [0.4, 0.5) is 5.69 Å². The third kappa shape index (κ3) is 5.28. The van der Waals surface area contributed by atoms with Crippen molar-refractivity contribution in [1.29, 1.82) is 5.26 Å². The van der Waals surface area contributed by atoms with Crippen LogP contribution in [0.1, 0.15) is 18.4 Å². The van der Waals surface area contributed by atoms with Crippen molar-refractivity contribution in [2.24, 2.45) is 0 Å². The Morgan fingerprint density at radius 2 is 1.90 bits per heavy atom. The van der Waals surface area contributed by atoms with E-state index in [2.05, 4.69) is 6.07 Å². The molecule has 1 saturated heterocycles. The monoisotopic (exact) mass is 455 g/mol. The molecule has 0 spiro atoms. The molecule has 0 aliphatic carbocycles. The van der Waals surface area contributed by atoms with Crippen LogP contribution in [0, 0.1) is 11.3 Å². The number of halogens is 1. The fraction of sp³-hybridized carbons (Fsp3) is 0.182. The van der Waals surface area contributed by atoms with Crippen LogP contribution in [-0.2, 0) is 9.59 Å². The summed E-state index contributed by atoms with van der Waals surface area (Å²) in [6, 6.07) is 18.5. The molecule has 30 heavy (non-hydrogen) atoms. The van der Waals surface area contributed by atoms with Gasteiger partial charge in [0.2, 0.25) is 5.91 Å². The summed E-state index contributed by atoms with van der Waals surface area (Å²) in [7, 11) is 0. The molecule has 0 radical (unpaired) electrons. The van der Waals surface area contributed by atoms with Gasteiger partial charge >= 0.3 is 0 Å². The molecule has 0 atom stereocenters. The molecule has 5 nitrogen and oxygen atoms in total. The first-order valence-corrected chi connectivity index (χ1v) is 10.8. The number of para-hydroxylation sites is 1. The van der Waals surface area contributed by atoms with Gasteiger partial charge < -0.3 is 4.90 Å². The molecule has 0 N–H and O–H groups in total. The minimum atomic E-state index is -0.235. The highest BCUT2D eigenvalue weighted by Crippen LogP contribution is 2.33. The summed E-state index contributed by atoms with van der Waals surface area (Å²) in [5.41, 5.74) is 1.46. The highest BCUT2D eigenvalue weighted by molar-refractivity contribution is 8.26. The van der Waals surface area contributed by atoms with E-state index in [4.69, 9.17) is 29.1 Å². The first kappa shape index (κ1) is 22.0. The second-order valence-electron chi connectivity index (χ2n) is 6.39. The summed E-state index contributed by atoms with van der Waals surface area (Å²) in [6.45, 7) is 0.476. The number of hydrogen-bond acceptors (Lipinski definition) is 5. The normalized spacial score (nSPS) is 14.8. The van der Waals surface area contributed by atoms with Gasteiger partial charge in [-0.25, -0.2) is 0 Å². The summed E-state index contributed by atoms with van der Waals surface area (Å²) < 4.78 is 0.411. The van der Waals surface area contributed by atoms with Crippen molar-refractivity contribution in [3.8, 4) is 6.07 Å². The molecule has 0 aromatic heterocycles. The van der Waals surface area contributed by atoms with Crippen LogP contribution in [0.2, 0.25) is 5.02 Å². The Morgan fingerprint density at radius 1 is 1.20 bits per heavy atom. The summed E-state index contributed by atoms with van der Waals surface area (Å²) in [5, 5.41) is 9.46. The van der Waals surface area contributed by atoms with E-state index in [9.17, 15) is 9.59 Å². The Balaban J connectivity index is 1.69. The Labute approximate surface area is 189 Å². The van der Waals surface area contributed by atoms with Crippen LogP contribution in [0.5, 0.6) is 0 Å². The van der Waals surface area contributed by atoms with Gasteiger partial charge in [-0.1, -0.05) is 72.0 Å². The smallest absolute Gasteiger partial charge is 0.266 e. The first-order valence-electron chi connectivity index (χ1n) is 9.23. The average Bonchev–Trinajstić information content (AvgIpc) is 3.01. The zero-order valence-electron chi connectivity index (χ0n) is 16.0. The number of benzene rings is 2. The van der Waals surface area contributed by atoms with Crippen molar-refractivity contribution >= 4 is 63.5 Å². The number of nitrogens with zero attached hydrogens (tertiary/aromatic N) is 3. The highest BCUT2D eigenvalue weighted by Gasteiger charge is 2.32. The molecule has 1 aliphatic rings. The molecule has 0 bridgehead atoms. The van der Waals surface area contributed by atoms with E-state index >= 15 is 0 Å². The highest BCUT2D eigenvalue weighted by atomic mass is 35.5. The molecular formula is C22H18ClN3O2S2. The maximum absolute atomic E-state index is 12.8. The lowest BCUT2D eigenvalue weighted by atomic mass is 10.2. The summed E-state index contributed by atoms with van der Waals surface area (Å²) in [6.07, 6.45) is 2.04. The lowest BCUT2D eigenvalue weighted by Gasteiger charge is -2.23. The zero-order valence-corrected chi connectivity index (χ0v) is 18.3. The zero-order chi connectivity index (χ0) is 21.5. The molecule has 1 heterocycles. The number of thioether (sulfide) groups is 1. The number of anilines is 1. The van der Waals surface area contributed by atoms with E-state index in [0.29, 0.717) is 20.8 Å². The number of carbonyl (C=O) groups is 2. The van der Waals surface area contributed by atoms with Gasteiger partial charge in [-0.05, 0) is 29.8 Å². The molecule has 2 amide bonds. The van der Waals surface area contributed by atoms with Gasteiger partial charge in [-0.2, -0.15) is 5.26 Å². The van der Waals surface area contributed by atoms with Gasteiger partial charge in [0.05, 0.1) is 17.4 Å². The predicted molar refractivity (Wildman–Crippen MR) is 125 cm³/mol. The van der Waals surface area contributed by atoms with Gasteiger partial charge in [0, 0.05) is 30.2 Å². The van der Waals surface area contributed by atoms with Crippen LogP contribution in [0.25, 0.3) is 6.08 Å². The van der Waals surface area contributed by atoms with E-state index in [1.807, 2.05) is 48.5 Å². The Bertz CT molecular complexity index is 1030. The van der Waals surface area contributed by atoms with Gasteiger partial charge in [0.15, 0.2) is 0 Å². The standard InChI is InChI=1S/C22H18ClN3O2S2/c23-18-10-5-4-7-16(18)15-19-21(28)26(22(29)30-19)14-11-20(27)25(13-6-12-24)17-8-2-1-3-9-17/h1-5,7-10,15H,6,11,13-14H2/b19-15+. The van der Waals surface area contributed by atoms with E-state index < -0.39 is 0 Å². The van der Waals surface area contributed by atoms with Crippen molar-refractivity contribution in [1.82, 2.24) is 4.90 Å². The van der Waals surface area contributed by atoms with E-state index in [0.717, 1.165) is 11.3 Å². The molecule has 0 unspecified atom stereocenters. The second-order valence-corrected chi connectivity index (χ2v) is 8.48. The van der Waals surface area contributed by atoms with Gasteiger partial charge in [-0.3, -0.25) is 14.5 Å². The number of carbonyl (C=O) groups excluding carboxylic acids is 2. The average molecular weight is 456 g/mol. The predicted octanol–water partition coefficient (Wildman–Crippen LogP) is 4.88. The minimum absolute atomic E-state index is 0.103. The fourth-order valence-electron chi connectivity index (χ4n) is 2.94. The first-order chi connectivity index (χ1) is 14.5. The Kier molecular flexibility index (Phi) is 7.63. The summed E-state index contributed by atoms with van der Waals surface area (Å²) in [5.74, 6) is -0.401. The third-order valence-corrected chi connectivity index (χ3v) is 6.15. The van der Waals surface area contributed by atoms with Crippen LogP contribution in [-0.4, -0.2) is 34.1 Å². The van der Waals surface area contributed by atoms with Crippen LogP contribution >= 0.6 is 35.6 Å². The molecule has 2 aromatic rings. The molecule has 1 aliphatic heterocycles. The topological polar surface area (TPSA) is 64.4 Å². The van der Waals surface area contributed by atoms with Crippen molar-refractivity contribution in [2.45, 2.75) is 12.8 Å². The Hall–Kier alpha value is -2.66. The molecule has 8 heteroatoms. The maximum atomic E-state index is 12.8. The number of thiocarbonyl (C=S) groups is 1. The van der Waals surface area contributed by atoms with Crippen LogP contribution in [0.3, 0.4) is 0 Å². The van der Waals surface area contributed by atoms with Crippen LogP contribution < -0.4 is 4.90 Å². The lowest BCUT2D eigenvalue weighted by Crippen LogP contribution is -2.36. The number of amides is 2. The summed E-state index contributed by atoms with van der Waals surface area (Å²) >= 11 is 12.7. The number of rotatable bonds is 7. The van der Waals surface area contributed by atoms with Crippen LogP contribution in [0.15, 0.2) is 59.5 Å². The van der Waals surface area contributed by atoms with Gasteiger partial charge in [0.25, 0.3) is 5.91 Å². The molecule has 3 rings (SSSR count). The van der Waals surface area contributed by atoms with E-state index in [1.165, 1.54) is 16.7 Å².